The fraction of sp³-hybridized carbons (Fsp3) is 0. The first-order valence-electron chi connectivity index (χ1n) is 0. The fourth-order valence-electron chi connectivity index (χ4n) is 0. The van der Waals surface area contributed by atoms with E-state index in [-0.39, 0.29) is 108 Å². The Balaban J connectivity index is 0. The predicted molar refractivity (Wildman–Crippen MR) is 0 cm³/mol. The molecule has 0 amide bonds. The van der Waals surface area contributed by atoms with Crippen LogP contribution in [0.3, 0.4) is 0 Å². The summed E-state index contributed by atoms with van der Waals surface area (Å²) in [6.07, 6.45) is 0. The molecule has 0 unspecified atom stereocenters. The van der Waals surface area contributed by atoms with Crippen molar-refractivity contribution >= 4 is 0 Å². The summed E-state index contributed by atoms with van der Waals surface area (Å²) in [5.74, 6) is 0. The SMILES string of the molecule is [Fe+2].[I-].[I-].[I-].[Li+]. The van der Waals surface area contributed by atoms with E-state index in [0.29, 0.717) is 0 Å². The van der Waals surface area contributed by atoms with Crippen molar-refractivity contribution in [3.05, 3.63) is 0 Å². The van der Waals surface area contributed by atoms with E-state index < -0.39 is 0 Å². The molecule has 0 rings (SSSR count). The van der Waals surface area contributed by atoms with Crippen LogP contribution in [0.1, 0.15) is 0 Å². The molecule has 0 spiro atoms. The van der Waals surface area contributed by atoms with Crippen molar-refractivity contribution in [2.75, 3.05) is 0 Å². The van der Waals surface area contributed by atoms with Crippen LogP contribution in [0, 0.1) is 0 Å². The molecule has 0 saturated carbocycles. The first-order valence-corrected chi connectivity index (χ1v) is 0. The second-order valence-corrected chi connectivity index (χ2v) is 0. The summed E-state index contributed by atoms with van der Waals surface area (Å²) < 4.78 is 0. The summed E-state index contributed by atoms with van der Waals surface area (Å²) in [5, 5.41) is 0. The maximum Gasteiger partial charge on any atom is 2.00 e. The zero-order chi connectivity index (χ0) is 0. The van der Waals surface area contributed by atoms with Crippen molar-refractivity contribution in [1.82, 2.24) is 0 Å². The maximum atomic E-state index is 0. The third-order valence-corrected chi connectivity index (χ3v) is 0. The summed E-state index contributed by atoms with van der Waals surface area (Å²) in [4.78, 5) is 0. The van der Waals surface area contributed by atoms with Crippen LogP contribution < -0.4 is 90.8 Å². The Morgan fingerprint density at radius 3 is 0.600 bits per heavy atom. The second kappa shape index (κ2) is 26.6. The van der Waals surface area contributed by atoms with E-state index in [0.717, 1.165) is 0 Å². The minimum atomic E-state index is 0. The van der Waals surface area contributed by atoms with Gasteiger partial charge in [-0.1, -0.05) is 0 Å². The van der Waals surface area contributed by atoms with Crippen LogP contribution in [-0.4, -0.2) is 0 Å². The molecule has 5 heteroatoms. The van der Waals surface area contributed by atoms with Crippen molar-refractivity contribution < 1.29 is 108 Å². The van der Waals surface area contributed by atoms with Crippen molar-refractivity contribution in [2.24, 2.45) is 0 Å². The van der Waals surface area contributed by atoms with Gasteiger partial charge in [0, 0.05) is 0 Å². The third kappa shape index (κ3) is 18.8. The van der Waals surface area contributed by atoms with Crippen molar-refractivity contribution in [3.8, 4) is 0 Å². The number of rotatable bonds is 0. The van der Waals surface area contributed by atoms with Crippen LogP contribution in [-0.2, 0) is 17.1 Å². The van der Waals surface area contributed by atoms with Gasteiger partial charge in [-0.2, -0.15) is 0 Å². The molecule has 0 fully saturated rings. The van der Waals surface area contributed by atoms with Gasteiger partial charge in [0.15, 0.2) is 0 Å². The van der Waals surface area contributed by atoms with E-state index in [4.69, 9.17) is 0 Å². The molecular formula is FeI3Li. The van der Waals surface area contributed by atoms with Crippen molar-refractivity contribution in [1.29, 1.82) is 0 Å². The van der Waals surface area contributed by atoms with Gasteiger partial charge in [-0.15, -0.1) is 0 Å². The third-order valence-electron chi connectivity index (χ3n) is 0. The van der Waals surface area contributed by atoms with E-state index in [1.54, 1.807) is 0 Å². The molecule has 0 saturated heterocycles. The van der Waals surface area contributed by atoms with Gasteiger partial charge in [0.25, 0.3) is 0 Å². The normalized spacial score (nSPS) is 0. The molecule has 0 aliphatic rings. The van der Waals surface area contributed by atoms with Gasteiger partial charge in [0.1, 0.15) is 0 Å². The molecule has 0 N–H and O–H groups in total. The molecule has 30 valence electrons. The van der Waals surface area contributed by atoms with Gasteiger partial charge in [-0.3, -0.25) is 0 Å². The van der Waals surface area contributed by atoms with Gasteiger partial charge in [0.2, 0.25) is 0 Å². The monoisotopic (exact) mass is 444 g/mol. The molecule has 0 aromatic rings. The zero-order valence-electron chi connectivity index (χ0n) is 2.49. The minimum Gasteiger partial charge on any atom is -1.00 e. The van der Waals surface area contributed by atoms with Crippen LogP contribution in [0.4, 0.5) is 0 Å². The summed E-state index contributed by atoms with van der Waals surface area (Å²) in [5.41, 5.74) is 0. The quantitative estimate of drug-likeness (QED) is 0.258. The number of halogens is 3. The Hall–Kier alpha value is 3.31. The van der Waals surface area contributed by atoms with Gasteiger partial charge < -0.3 is 71.9 Å². The molecule has 0 radical (unpaired) electrons. The molecular weight excluding hydrogens is 443 g/mol. The average molecular weight is 443 g/mol. The van der Waals surface area contributed by atoms with Gasteiger partial charge >= 0.3 is 35.9 Å². The van der Waals surface area contributed by atoms with Crippen LogP contribution in [0.25, 0.3) is 0 Å². The number of hydrogen-bond donors (Lipinski definition) is 0. The summed E-state index contributed by atoms with van der Waals surface area (Å²) >= 11 is 0. The van der Waals surface area contributed by atoms with Gasteiger partial charge in [0.05, 0.1) is 0 Å². The number of hydrogen-bond acceptors (Lipinski definition) is 0. The first kappa shape index (κ1) is 40.6. The van der Waals surface area contributed by atoms with Crippen molar-refractivity contribution in [2.45, 2.75) is 0 Å². The second-order valence-electron chi connectivity index (χ2n) is 0. The first-order chi connectivity index (χ1) is 0. The summed E-state index contributed by atoms with van der Waals surface area (Å²) in [6, 6.07) is 0. The smallest absolute Gasteiger partial charge is 1.00 e. The van der Waals surface area contributed by atoms with E-state index in [1.165, 1.54) is 0 Å². The molecule has 0 nitrogen and oxygen atoms in total. The largest absolute Gasteiger partial charge is 2.00 e. The van der Waals surface area contributed by atoms with Crippen LogP contribution in [0.15, 0.2) is 0 Å². The minimum absolute atomic E-state index is 0. The summed E-state index contributed by atoms with van der Waals surface area (Å²) in [6.45, 7) is 0. The standard InChI is InChI=1S/Fe.3HI.Li/h;3*1H;/q+2;;;;+1/p-3. The van der Waals surface area contributed by atoms with Gasteiger partial charge in [-0.05, 0) is 0 Å². The topological polar surface area (TPSA) is 0 Å². The molecule has 5 heavy (non-hydrogen) atoms. The molecule has 0 aliphatic carbocycles. The molecule has 0 bridgehead atoms. The van der Waals surface area contributed by atoms with E-state index >= 15 is 0 Å². The maximum absolute atomic E-state index is 0. The Kier molecular flexibility index (Phi) is 216. The molecule has 0 aromatic heterocycles. The van der Waals surface area contributed by atoms with Crippen LogP contribution in [0.5, 0.6) is 0 Å². The molecule has 0 aromatic carbocycles. The Bertz CT molecular complexity index is 6.85. The van der Waals surface area contributed by atoms with E-state index in [9.17, 15) is 0 Å². The molecule has 0 heterocycles. The fourth-order valence-corrected chi connectivity index (χ4v) is 0. The summed E-state index contributed by atoms with van der Waals surface area (Å²) in [7, 11) is 0. The Morgan fingerprint density at radius 1 is 0.600 bits per heavy atom. The Labute approximate surface area is 106 Å². The van der Waals surface area contributed by atoms with Crippen molar-refractivity contribution in [3.63, 3.8) is 0 Å². The Morgan fingerprint density at radius 2 is 0.600 bits per heavy atom. The average Bonchev–Trinajstić information content (AvgIpc) is 0. The molecule has 0 atom stereocenters. The van der Waals surface area contributed by atoms with E-state index in [2.05, 4.69) is 0 Å². The van der Waals surface area contributed by atoms with E-state index in [1.807, 2.05) is 0 Å². The van der Waals surface area contributed by atoms with Gasteiger partial charge in [-0.25, -0.2) is 0 Å². The van der Waals surface area contributed by atoms with Crippen LogP contribution in [0.2, 0.25) is 0 Å². The molecule has 0 aliphatic heterocycles. The predicted octanol–water partition coefficient (Wildman–Crippen LogP) is -12.0. The van der Waals surface area contributed by atoms with Crippen LogP contribution >= 0.6 is 0 Å². The zero-order valence-corrected chi connectivity index (χ0v) is 10.1.